The first-order valence-electron chi connectivity index (χ1n) is 15.2. The number of para-hydroxylation sites is 1. The van der Waals surface area contributed by atoms with E-state index in [1.54, 1.807) is 12.1 Å². The predicted molar refractivity (Wildman–Crippen MR) is 160 cm³/mol. The fourth-order valence-corrected chi connectivity index (χ4v) is 5.97. The molecule has 9 nitrogen and oxygen atoms in total. The summed E-state index contributed by atoms with van der Waals surface area (Å²) >= 11 is 0. The van der Waals surface area contributed by atoms with Crippen LogP contribution in [0.3, 0.4) is 0 Å². The second kappa shape index (κ2) is 14.8. The first kappa shape index (κ1) is 34.0. The summed E-state index contributed by atoms with van der Waals surface area (Å²) in [5, 5.41) is 18.6. The normalized spacial score (nSPS) is 28.3. The van der Waals surface area contributed by atoms with Gasteiger partial charge in [-0.2, -0.15) is 0 Å². The molecule has 2 N–H and O–H groups in total. The molecule has 0 saturated carbocycles. The number of hydrogen-bond donors (Lipinski definition) is 2. The summed E-state index contributed by atoms with van der Waals surface area (Å²) in [6.07, 6.45) is 9.61. The highest BCUT2D eigenvalue weighted by Gasteiger charge is 2.43. The van der Waals surface area contributed by atoms with Crippen LogP contribution >= 0.6 is 0 Å². The van der Waals surface area contributed by atoms with Crippen LogP contribution in [0.25, 0.3) is 0 Å². The number of aliphatic hydroxyl groups is 1. The van der Waals surface area contributed by atoms with Crippen molar-refractivity contribution in [2.45, 2.75) is 98.4 Å². The number of esters is 3. The number of aromatic carboxylic acids is 1. The summed E-state index contributed by atoms with van der Waals surface area (Å²) in [6.45, 7) is 11.5. The Labute approximate surface area is 254 Å². The molecule has 0 radical (unpaired) electrons. The van der Waals surface area contributed by atoms with E-state index >= 15 is 0 Å². The number of carboxylic acids is 1. The largest absolute Gasteiger partial charge is 0.478 e. The zero-order chi connectivity index (χ0) is 31.9. The van der Waals surface area contributed by atoms with Crippen molar-refractivity contribution < 1.29 is 43.6 Å². The molecule has 0 aromatic heterocycles. The molecule has 1 heterocycles. The van der Waals surface area contributed by atoms with Gasteiger partial charge in [0.2, 0.25) is 0 Å². The number of aliphatic hydroxyl groups excluding tert-OH is 1. The van der Waals surface area contributed by atoms with Crippen LogP contribution < -0.4 is 4.74 Å². The van der Waals surface area contributed by atoms with Gasteiger partial charge in [0.25, 0.3) is 0 Å². The molecule has 1 fully saturated rings. The second-order valence-electron chi connectivity index (χ2n) is 12.6. The molecule has 1 aromatic rings. The van der Waals surface area contributed by atoms with Crippen LogP contribution in [0.4, 0.5) is 0 Å². The number of ether oxygens (including phenoxy) is 3. The Morgan fingerprint density at radius 1 is 1.09 bits per heavy atom. The van der Waals surface area contributed by atoms with E-state index in [-0.39, 0.29) is 47.8 Å². The number of hydrogen-bond acceptors (Lipinski definition) is 8. The van der Waals surface area contributed by atoms with Gasteiger partial charge < -0.3 is 24.4 Å². The lowest BCUT2D eigenvalue weighted by Crippen LogP contribution is -2.43. The van der Waals surface area contributed by atoms with E-state index in [2.05, 4.69) is 36.8 Å². The summed E-state index contributed by atoms with van der Waals surface area (Å²) in [5.41, 5.74) is 0.769. The Morgan fingerprint density at radius 2 is 1.79 bits per heavy atom. The van der Waals surface area contributed by atoms with Crippen molar-refractivity contribution in [1.29, 1.82) is 0 Å². The average Bonchev–Trinajstić information content (AvgIpc) is 2.92. The molecule has 0 spiro atoms. The van der Waals surface area contributed by atoms with Gasteiger partial charge in [0.15, 0.2) is 0 Å². The minimum Gasteiger partial charge on any atom is -0.478 e. The summed E-state index contributed by atoms with van der Waals surface area (Å²) in [6, 6.07) is 5.98. The number of fused-ring (bicyclic) bond motifs is 1. The third kappa shape index (κ3) is 9.26. The highest BCUT2D eigenvalue weighted by Crippen LogP contribution is 2.45. The van der Waals surface area contributed by atoms with Gasteiger partial charge >= 0.3 is 23.9 Å². The number of cyclic esters (lactones) is 1. The third-order valence-corrected chi connectivity index (χ3v) is 8.72. The molecule has 1 saturated heterocycles. The van der Waals surface area contributed by atoms with Gasteiger partial charge in [0.05, 0.1) is 17.9 Å². The summed E-state index contributed by atoms with van der Waals surface area (Å²) in [7, 11) is 0. The van der Waals surface area contributed by atoms with Crippen LogP contribution in [0.15, 0.2) is 48.1 Å². The predicted octanol–water partition coefficient (Wildman–Crippen LogP) is 5.90. The summed E-state index contributed by atoms with van der Waals surface area (Å²) < 4.78 is 16.3. The molecule has 0 amide bonds. The van der Waals surface area contributed by atoms with E-state index < -0.39 is 23.5 Å². The zero-order valence-corrected chi connectivity index (χ0v) is 26.1. The molecule has 9 heteroatoms. The minimum absolute atomic E-state index is 0.0160. The van der Waals surface area contributed by atoms with Crippen LogP contribution in [0.1, 0.15) is 90.4 Å². The zero-order valence-electron chi connectivity index (χ0n) is 26.1. The number of rotatable bonds is 8. The van der Waals surface area contributed by atoms with Crippen LogP contribution in [0.5, 0.6) is 5.75 Å². The smallest absolute Gasteiger partial charge is 0.339 e. The fourth-order valence-electron chi connectivity index (χ4n) is 5.97. The number of allylic oxidation sites excluding steroid dienone is 3. The van der Waals surface area contributed by atoms with Gasteiger partial charge in [-0.05, 0) is 75.0 Å². The molecule has 236 valence electrons. The van der Waals surface area contributed by atoms with Gasteiger partial charge in [-0.1, -0.05) is 51.1 Å². The second-order valence-corrected chi connectivity index (χ2v) is 12.6. The average molecular weight is 599 g/mol. The van der Waals surface area contributed by atoms with E-state index in [4.69, 9.17) is 14.6 Å². The van der Waals surface area contributed by atoms with Crippen molar-refractivity contribution in [3.05, 3.63) is 53.6 Å². The Kier molecular flexibility index (Phi) is 11.7. The Balaban J connectivity index is 0.000000326. The SMILES string of the molecule is CC(=O)Oc1ccccc1C(=O)O.CCC(C)(C)C(=O)O[C@H]1C[C@@H](C)C=C2C=C[C@H](C)[C@H](CC[C@@H]3C[C@@H](O)CC(=O)O3)[C@H]21. The van der Waals surface area contributed by atoms with Crippen molar-refractivity contribution in [3.63, 3.8) is 0 Å². The molecule has 0 unspecified atom stereocenters. The maximum absolute atomic E-state index is 12.9. The van der Waals surface area contributed by atoms with E-state index in [9.17, 15) is 24.3 Å². The monoisotopic (exact) mass is 598 g/mol. The number of benzene rings is 1. The minimum atomic E-state index is -1.11. The fraction of sp³-hybridized carbons (Fsp3) is 0.588. The summed E-state index contributed by atoms with van der Waals surface area (Å²) in [4.78, 5) is 45.7. The van der Waals surface area contributed by atoms with Crippen molar-refractivity contribution >= 4 is 23.9 Å². The van der Waals surface area contributed by atoms with Gasteiger partial charge in [0, 0.05) is 19.3 Å². The molecular weight excluding hydrogens is 552 g/mol. The summed E-state index contributed by atoms with van der Waals surface area (Å²) in [5.74, 6) is -0.800. The van der Waals surface area contributed by atoms with Crippen molar-refractivity contribution in [3.8, 4) is 5.75 Å². The molecule has 1 aromatic carbocycles. The lowest BCUT2D eigenvalue weighted by atomic mass is 9.65. The van der Waals surface area contributed by atoms with Crippen molar-refractivity contribution in [2.24, 2.45) is 29.1 Å². The lowest BCUT2D eigenvalue weighted by Gasteiger charge is -2.44. The molecule has 43 heavy (non-hydrogen) atoms. The number of carbonyl (C=O) groups excluding carboxylic acids is 3. The first-order valence-corrected chi connectivity index (χ1v) is 15.2. The van der Waals surface area contributed by atoms with Gasteiger partial charge in [-0.15, -0.1) is 0 Å². The maximum Gasteiger partial charge on any atom is 0.339 e. The molecule has 1 aliphatic heterocycles. The van der Waals surface area contributed by atoms with Gasteiger partial charge in [-0.3, -0.25) is 14.4 Å². The van der Waals surface area contributed by atoms with Gasteiger partial charge in [-0.25, -0.2) is 4.79 Å². The first-order chi connectivity index (χ1) is 20.2. The van der Waals surface area contributed by atoms with E-state index in [0.717, 1.165) is 25.7 Å². The van der Waals surface area contributed by atoms with Crippen LogP contribution in [0, 0.1) is 29.1 Å². The maximum atomic E-state index is 12.9. The molecule has 7 atom stereocenters. The molecule has 2 aliphatic carbocycles. The van der Waals surface area contributed by atoms with E-state index in [1.807, 2.05) is 20.8 Å². The van der Waals surface area contributed by atoms with Gasteiger partial charge in [0.1, 0.15) is 23.5 Å². The van der Waals surface area contributed by atoms with Crippen LogP contribution in [-0.2, 0) is 23.9 Å². The highest BCUT2D eigenvalue weighted by atomic mass is 16.6. The quantitative estimate of drug-likeness (QED) is 0.277. The molecule has 4 rings (SSSR count). The van der Waals surface area contributed by atoms with Crippen molar-refractivity contribution in [1.82, 2.24) is 0 Å². The van der Waals surface area contributed by atoms with E-state index in [0.29, 0.717) is 24.2 Å². The molecule has 3 aliphatic rings. The molecular formula is C34H46O9. The Hall–Kier alpha value is -3.46. The van der Waals surface area contributed by atoms with Crippen LogP contribution in [0.2, 0.25) is 0 Å². The van der Waals surface area contributed by atoms with Crippen LogP contribution in [-0.4, -0.2) is 52.4 Å². The third-order valence-electron chi connectivity index (χ3n) is 8.72. The van der Waals surface area contributed by atoms with Crippen molar-refractivity contribution in [2.75, 3.05) is 0 Å². The lowest BCUT2D eigenvalue weighted by molar-refractivity contribution is -0.166. The number of carbonyl (C=O) groups is 4. The highest BCUT2D eigenvalue weighted by molar-refractivity contribution is 5.91. The number of carboxylic acid groups (broad SMARTS) is 1. The molecule has 0 bridgehead atoms. The standard InChI is InChI=1S/C25H38O5.C9H8O4/c1-6-25(4,5)24(28)30-21-12-15(2)11-17-8-7-16(3)20(23(17)21)10-9-19-13-18(26)14-22(27)29-19;1-6(10)13-8-5-3-2-4-7(8)9(11)12/h7-8,11,15-16,18-21,23,26H,6,9-10,12-14H2,1-5H3;2-5H,1H3,(H,11,12)/t15-,16-,18+,19+,20-,21-,23-;/m0./s1. The van der Waals surface area contributed by atoms with E-state index in [1.165, 1.54) is 24.6 Å². The Morgan fingerprint density at radius 3 is 2.42 bits per heavy atom. The topological polar surface area (TPSA) is 136 Å². The Bertz CT molecular complexity index is 1230.